The standard InChI is InChI=1S/C14H18FN3/c1-14(16,11-3-5-12(15)6-4-11)8-7-13-17-9-10-18(13)2/h3-6,9-10H,7-8,16H2,1-2H3. The summed E-state index contributed by atoms with van der Waals surface area (Å²) in [5.74, 6) is 0.771. The second kappa shape index (κ2) is 4.90. The molecule has 0 fully saturated rings. The van der Waals surface area contributed by atoms with E-state index in [0.717, 1.165) is 24.2 Å². The van der Waals surface area contributed by atoms with Gasteiger partial charge in [0, 0.05) is 31.4 Å². The highest BCUT2D eigenvalue weighted by molar-refractivity contribution is 5.23. The van der Waals surface area contributed by atoms with E-state index < -0.39 is 5.54 Å². The number of nitrogens with two attached hydrogens (primary N) is 1. The van der Waals surface area contributed by atoms with Gasteiger partial charge >= 0.3 is 0 Å². The Kier molecular flexibility index (Phi) is 3.48. The number of hydrogen-bond donors (Lipinski definition) is 1. The molecular weight excluding hydrogens is 229 g/mol. The second-order valence-corrected chi connectivity index (χ2v) is 4.88. The maximum atomic E-state index is 12.9. The molecule has 1 heterocycles. The lowest BCUT2D eigenvalue weighted by Crippen LogP contribution is -2.33. The van der Waals surface area contributed by atoms with Gasteiger partial charge in [0.15, 0.2) is 0 Å². The van der Waals surface area contributed by atoms with Crippen LogP contribution in [-0.2, 0) is 19.0 Å². The molecule has 0 aliphatic heterocycles. The van der Waals surface area contributed by atoms with Crippen LogP contribution >= 0.6 is 0 Å². The first-order valence-electron chi connectivity index (χ1n) is 6.00. The zero-order valence-corrected chi connectivity index (χ0v) is 10.7. The molecule has 1 unspecified atom stereocenters. The van der Waals surface area contributed by atoms with Gasteiger partial charge < -0.3 is 10.3 Å². The first-order chi connectivity index (χ1) is 8.49. The van der Waals surface area contributed by atoms with Gasteiger partial charge in [0.25, 0.3) is 0 Å². The summed E-state index contributed by atoms with van der Waals surface area (Å²) in [6.07, 6.45) is 5.26. The first-order valence-corrected chi connectivity index (χ1v) is 6.00. The minimum Gasteiger partial charge on any atom is -0.338 e. The summed E-state index contributed by atoms with van der Waals surface area (Å²) < 4.78 is 14.9. The molecule has 3 nitrogen and oxygen atoms in total. The molecule has 0 saturated heterocycles. The van der Waals surface area contributed by atoms with E-state index in [1.807, 2.05) is 24.7 Å². The molecule has 2 N–H and O–H groups in total. The Morgan fingerprint density at radius 3 is 2.56 bits per heavy atom. The number of nitrogens with zero attached hydrogens (tertiary/aromatic N) is 2. The summed E-state index contributed by atoms with van der Waals surface area (Å²) in [4.78, 5) is 4.27. The minimum atomic E-state index is -0.473. The SMILES string of the molecule is Cn1ccnc1CCC(C)(N)c1ccc(F)cc1. The van der Waals surface area contributed by atoms with E-state index >= 15 is 0 Å². The second-order valence-electron chi connectivity index (χ2n) is 4.88. The molecule has 0 aliphatic rings. The Labute approximate surface area is 106 Å². The third-order valence-electron chi connectivity index (χ3n) is 3.29. The molecule has 96 valence electrons. The van der Waals surface area contributed by atoms with Crippen LogP contribution in [0.15, 0.2) is 36.7 Å². The molecule has 18 heavy (non-hydrogen) atoms. The average Bonchev–Trinajstić information content (AvgIpc) is 2.73. The van der Waals surface area contributed by atoms with Crippen LogP contribution in [0.2, 0.25) is 0 Å². The fraction of sp³-hybridized carbons (Fsp3) is 0.357. The fourth-order valence-electron chi connectivity index (χ4n) is 1.98. The predicted octanol–water partition coefficient (Wildman–Crippen LogP) is 2.37. The first kappa shape index (κ1) is 12.8. The summed E-state index contributed by atoms with van der Waals surface area (Å²) in [6, 6.07) is 6.38. The van der Waals surface area contributed by atoms with Gasteiger partial charge in [-0.1, -0.05) is 12.1 Å². The molecule has 2 aromatic rings. The van der Waals surface area contributed by atoms with E-state index in [2.05, 4.69) is 4.98 Å². The van der Waals surface area contributed by atoms with Gasteiger partial charge in [0.05, 0.1) is 0 Å². The topological polar surface area (TPSA) is 43.8 Å². The molecule has 1 aromatic heterocycles. The van der Waals surface area contributed by atoms with Crippen molar-refractivity contribution in [1.29, 1.82) is 0 Å². The van der Waals surface area contributed by atoms with Crippen molar-refractivity contribution < 1.29 is 4.39 Å². The molecule has 1 aromatic carbocycles. The highest BCUT2D eigenvalue weighted by atomic mass is 19.1. The van der Waals surface area contributed by atoms with Crippen molar-refractivity contribution in [2.24, 2.45) is 12.8 Å². The van der Waals surface area contributed by atoms with Crippen LogP contribution in [0.25, 0.3) is 0 Å². The van der Waals surface area contributed by atoms with Crippen molar-refractivity contribution in [2.45, 2.75) is 25.3 Å². The zero-order chi connectivity index (χ0) is 13.2. The third kappa shape index (κ3) is 2.76. The van der Waals surface area contributed by atoms with E-state index in [-0.39, 0.29) is 5.82 Å². The highest BCUT2D eigenvalue weighted by Gasteiger charge is 2.21. The monoisotopic (exact) mass is 247 g/mol. The highest BCUT2D eigenvalue weighted by Crippen LogP contribution is 2.23. The molecule has 1 atom stereocenters. The molecule has 0 spiro atoms. The molecule has 0 amide bonds. The van der Waals surface area contributed by atoms with Crippen molar-refractivity contribution in [1.82, 2.24) is 9.55 Å². The lowest BCUT2D eigenvalue weighted by atomic mass is 9.88. The average molecular weight is 247 g/mol. The van der Waals surface area contributed by atoms with Crippen molar-refractivity contribution in [3.8, 4) is 0 Å². The van der Waals surface area contributed by atoms with Gasteiger partial charge in [-0.2, -0.15) is 0 Å². The van der Waals surface area contributed by atoms with Crippen LogP contribution in [0.1, 0.15) is 24.7 Å². The number of rotatable bonds is 4. The summed E-state index contributed by atoms with van der Waals surface area (Å²) in [6.45, 7) is 1.96. The van der Waals surface area contributed by atoms with Gasteiger partial charge in [-0.15, -0.1) is 0 Å². The number of hydrogen-bond acceptors (Lipinski definition) is 2. The van der Waals surface area contributed by atoms with E-state index in [0.29, 0.717) is 0 Å². The van der Waals surface area contributed by atoms with Crippen LogP contribution in [-0.4, -0.2) is 9.55 Å². The van der Waals surface area contributed by atoms with Crippen LogP contribution in [0.4, 0.5) is 4.39 Å². The summed E-state index contributed by atoms with van der Waals surface area (Å²) >= 11 is 0. The maximum absolute atomic E-state index is 12.9. The Morgan fingerprint density at radius 2 is 2.00 bits per heavy atom. The van der Waals surface area contributed by atoms with Gasteiger partial charge in [0.2, 0.25) is 0 Å². The van der Waals surface area contributed by atoms with Gasteiger partial charge in [-0.05, 0) is 31.0 Å². The lowest BCUT2D eigenvalue weighted by Gasteiger charge is -2.25. The van der Waals surface area contributed by atoms with Crippen molar-refractivity contribution in [3.05, 3.63) is 53.9 Å². The van der Waals surface area contributed by atoms with Crippen LogP contribution in [0.5, 0.6) is 0 Å². The summed E-state index contributed by atoms with van der Waals surface area (Å²) in [7, 11) is 1.97. The van der Waals surface area contributed by atoms with Crippen LogP contribution in [0.3, 0.4) is 0 Å². The maximum Gasteiger partial charge on any atom is 0.123 e. The largest absolute Gasteiger partial charge is 0.338 e. The van der Waals surface area contributed by atoms with E-state index in [9.17, 15) is 4.39 Å². The third-order valence-corrected chi connectivity index (χ3v) is 3.29. The van der Waals surface area contributed by atoms with E-state index in [1.165, 1.54) is 12.1 Å². The normalized spacial score (nSPS) is 14.4. The smallest absolute Gasteiger partial charge is 0.123 e. The lowest BCUT2D eigenvalue weighted by molar-refractivity contribution is 0.443. The quantitative estimate of drug-likeness (QED) is 0.901. The molecule has 4 heteroatoms. The van der Waals surface area contributed by atoms with Crippen molar-refractivity contribution in [2.75, 3.05) is 0 Å². The Hall–Kier alpha value is -1.68. The fourth-order valence-corrected chi connectivity index (χ4v) is 1.98. The van der Waals surface area contributed by atoms with E-state index in [1.54, 1.807) is 18.3 Å². The van der Waals surface area contributed by atoms with Crippen LogP contribution < -0.4 is 5.73 Å². The minimum absolute atomic E-state index is 0.237. The Balaban J connectivity index is 2.07. The van der Waals surface area contributed by atoms with Crippen molar-refractivity contribution in [3.63, 3.8) is 0 Å². The molecule has 0 aliphatic carbocycles. The van der Waals surface area contributed by atoms with Crippen molar-refractivity contribution >= 4 is 0 Å². The van der Waals surface area contributed by atoms with Gasteiger partial charge in [-0.3, -0.25) is 0 Å². The number of imidazole rings is 1. The Bertz CT molecular complexity index is 514. The zero-order valence-electron chi connectivity index (χ0n) is 10.7. The molecule has 0 bridgehead atoms. The molecule has 0 saturated carbocycles. The summed E-state index contributed by atoms with van der Waals surface area (Å²) in [5, 5.41) is 0. The number of halogens is 1. The summed E-state index contributed by atoms with van der Waals surface area (Å²) in [5.41, 5.74) is 6.77. The van der Waals surface area contributed by atoms with Gasteiger partial charge in [-0.25, -0.2) is 9.37 Å². The molecule has 2 rings (SSSR count). The molecular formula is C14H18FN3. The molecule has 0 radical (unpaired) electrons. The number of aromatic nitrogens is 2. The number of benzene rings is 1. The van der Waals surface area contributed by atoms with Crippen LogP contribution in [0, 0.1) is 5.82 Å². The Morgan fingerprint density at radius 1 is 1.33 bits per heavy atom. The van der Waals surface area contributed by atoms with Gasteiger partial charge in [0.1, 0.15) is 11.6 Å². The number of aryl methyl sites for hydroxylation is 2. The van der Waals surface area contributed by atoms with E-state index in [4.69, 9.17) is 5.73 Å². The predicted molar refractivity (Wildman–Crippen MR) is 69.5 cm³/mol.